The van der Waals surface area contributed by atoms with Crippen LogP contribution < -0.4 is 9.62 Å². The van der Waals surface area contributed by atoms with Crippen LogP contribution in [-0.2, 0) is 26.0 Å². The highest BCUT2D eigenvalue weighted by Crippen LogP contribution is 2.28. The van der Waals surface area contributed by atoms with Crippen molar-refractivity contribution in [3.63, 3.8) is 0 Å². The lowest BCUT2D eigenvalue weighted by molar-refractivity contribution is -0.139. The minimum absolute atomic E-state index is 0.0603. The summed E-state index contributed by atoms with van der Waals surface area (Å²) in [7, 11) is -4.14. The topological polar surface area (TPSA) is 86.8 Å². The Morgan fingerprint density at radius 1 is 0.951 bits per heavy atom. The second kappa shape index (κ2) is 14.5. The first kappa shape index (κ1) is 32.2. The van der Waals surface area contributed by atoms with Crippen molar-refractivity contribution in [2.75, 3.05) is 23.9 Å². The van der Waals surface area contributed by atoms with Gasteiger partial charge in [0.1, 0.15) is 12.6 Å². The molecule has 0 saturated heterocycles. The van der Waals surface area contributed by atoms with Crippen molar-refractivity contribution < 1.29 is 18.0 Å². The molecule has 41 heavy (non-hydrogen) atoms. The van der Waals surface area contributed by atoms with Crippen molar-refractivity contribution in [2.45, 2.75) is 58.4 Å². The van der Waals surface area contributed by atoms with Crippen LogP contribution in [0.4, 0.5) is 5.69 Å². The van der Waals surface area contributed by atoms with Crippen molar-refractivity contribution in [3.8, 4) is 0 Å². The molecule has 0 aliphatic heterocycles. The Kier molecular flexibility index (Phi) is 11.4. The number of carbonyl (C=O) groups excluding carboxylic acids is 2. The Morgan fingerprint density at radius 2 is 1.61 bits per heavy atom. The molecule has 3 aromatic rings. The van der Waals surface area contributed by atoms with Crippen LogP contribution in [0.1, 0.15) is 43.9 Å². The van der Waals surface area contributed by atoms with E-state index in [-0.39, 0.29) is 29.0 Å². The highest BCUT2D eigenvalue weighted by molar-refractivity contribution is 7.92. The number of halogens is 1. The van der Waals surface area contributed by atoms with Crippen LogP contribution in [0.25, 0.3) is 0 Å². The van der Waals surface area contributed by atoms with Gasteiger partial charge in [0.15, 0.2) is 0 Å². The Labute approximate surface area is 249 Å². The number of nitrogens with one attached hydrogen (secondary N) is 1. The maximum Gasteiger partial charge on any atom is 0.264 e. The van der Waals surface area contributed by atoms with Crippen LogP contribution in [0.5, 0.6) is 0 Å². The third kappa shape index (κ3) is 8.57. The lowest BCUT2D eigenvalue weighted by atomic mass is 10.1. The number of aryl methyl sites for hydroxylation is 2. The molecule has 3 aromatic carbocycles. The van der Waals surface area contributed by atoms with E-state index >= 15 is 0 Å². The predicted molar refractivity (Wildman–Crippen MR) is 166 cm³/mol. The van der Waals surface area contributed by atoms with Crippen LogP contribution in [0, 0.1) is 19.8 Å². The molecule has 0 heterocycles. The number of rotatable bonds is 13. The van der Waals surface area contributed by atoms with Gasteiger partial charge in [-0.25, -0.2) is 8.42 Å². The zero-order valence-electron chi connectivity index (χ0n) is 24.4. The van der Waals surface area contributed by atoms with Crippen LogP contribution in [0.2, 0.25) is 5.02 Å². The van der Waals surface area contributed by atoms with Gasteiger partial charge in [-0.05, 0) is 68.0 Å². The Bertz CT molecular complexity index is 1430. The zero-order chi connectivity index (χ0) is 30.2. The van der Waals surface area contributed by atoms with Gasteiger partial charge in [-0.2, -0.15) is 0 Å². The van der Waals surface area contributed by atoms with E-state index in [9.17, 15) is 18.0 Å². The third-order valence-corrected chi connectivity index (χ3v) is 9.08. The average molecular weight is 598 g/mol. The number of sulfonamides is 1. The van der Waals surface area contributed by atoms with Crippen molar-refractivity contribution in [1.82, 2.24) is 10.2 Å². The van der Waals surface area contributed by atoms with Crippen LogP contribution in [0.3, 0.4) is 0 Å². The smallest absolute Gasteiger partial charge is 0.264 e. The lowest BCUT2D eigenvalue weighted by Crippen LogP contribution is -2.53. The third-order valence-electron chi connectivity index (χ3n) is 6.89. The van der Waals surface area contributed by atoms with Gasteiger partial charge in [0.05, 0.1) is 10.6 Å². The number of nitrogens with zero attached hydrogens (tertiary/aromatic N) is 2. The SMILES string of the molecule is CC[C@@H](C(=O)NCC(C)C)N(CCc1ccccc1)C(=O)CN(c1ccc(C)c(Cl)c1)S(=O)(=O)c1ccc(C)cc1. The van der Waals surface area contributed by atoms with Gasteiger partial charge in [0.2, 0.25) is 11.8 Å². The van der Waals surface area contributed by atoms with Gasteiger partial charge in [0.25, 0.3) is 10.0 Å². The minimum atomic E-state index is -4.14. The Hall–Kier alpha value is -3.36. The van der Waals surface area contributed by atoms with E-state index in [0.717, 1.165) is 21.0 Å². The number of benzene rings is 3. The van der Waals surface area contributed by atoms with E-state index in [0.29, 0.717) is 24.4 Å². The van der Waals surface area contributed by atoms with E-state index in [1.54, 1.807) is 30.3 Å². The molecule has 3 rings (SSSR count). The van der Waals surface area contributed by atoms with Gasteiger partial charge in [-0.3, -0.25) is 13.9 Å². The molecule has 1 atom stereocenters. The van der Waals surface area contributed by atoms with Crippen molar-refractivity contribution in [2.24, 2.45) is 5.92 Å². The predicted octanol–water partition coefficient (Wildman–Crippen LogP) is 5.77. The number of carbonyl (C=O) groups is 2. The fourth-order valence-electron chi connectivity index (χ4n) is 4.42. The summed E-state index contributed by atoms with van der Waals surface area (Å²) in [4.78, 5) is 28.9. The number of amides is 2. The largest absolute Gasteiger partial charge is 0.354 e. The summed E-state index contributed by atoms with van der Waals surface area (Å²) in [6.07, 6.45) is 0.896. The van der Waals surface area contributed by atoms with Crippen LogP contribution >= 0.6 is 11.6 Å². The number of hydrogen-bond acceptors (Lipinski definition) is 4. The molecule has 7 nitrogen and oxygen atoms in total. The molecule has 0 aromatic heterocycles. The molecule has 0 radical (unpaired) electrons. The Morgan fingerprint density at radius 3 is 2.20 bits per heavy atom. The Balaban J connectivity index is 2.02. The maximum absolute atomic E-state index is 14.1. The molecule has 0 spiro atoms. The van der Waals surface area contributed by atoms with E-state index in [1.165, 1.54) is 17.0 Å². The molecule has 0 unspecified atom stereocenters. The molecule has 0 saturated carbocycles. The maximum atomic E-state index is 14.1. The van der Waals surface area contributed by atoms with Crippen LogP contribution in [0.15, 0.2) is 77.7 Å². The van der Waals surface area contributed by atoms with Gasteiger partial charge in [0, 0.05) is 18.1 Å². The first-order valence-corrected chi connectivity index (χ1v) is 15.7. The molecule has 0 fully saturated rings. The average Bonchev–Trinajstić information content (AvgIpc) is 2.94. The molecule has 9 heteroatoms. The van der Waals surface area contributed by atoms with Gasteiger partial charge < -0.3 is 10.2 Å². The lowest BCUT2D eigenvalue weighted by Gasteiger charge is -2.33. The second-order valence-corrected chi connectivity index (χ2v) is 12.9. The summed E-state index contributed by atoms with van der Waals surface area (Å²) >= 11 is 6.40. The first-order chi connectivity index (χ1) is 19.4. The highest BCUT2D eigenvalue weighted by atomic mass is 35.5. The van der Waals surface area contributed by atoms with Gasteiger partial charge in [-0.1, -0.05) is 86.5 Å². The minimum Gasteiger partial charge on any atom is -0.354 e. The second-order valence-electron chi connectivity index (χ2n) is 10.6. The summed E-state index contributed by atoms with van der Waals surface area (Å²) in [5.41, 5.74) is 2.98. The fraction of sp³-hybridized carbons (Fsp3) is 0.375. The monoisotopic (exact) mass is 597 g/mol. The van der Waals surface area contributed by atoms with Gasteiger partial charge >= 0.3 is 0 Å². The first-order valence-electron chi connectivity index (χ1n) is 13.9. The normalized spacial score (nSPS) is 12.2. The summed E-state index contributed by atoms with van der Waals surface area (Å²) in [6, 6.07) is 20.3. The molecule has 0 aliphatic rings. The van der Waals surface area contributed by atoms with Crippen molar-refractivity contribution in [1.29, 1.82) is 0 Å². The molecule has 0 aliphatic carbocycles. The number of hydrogen-bond donors (Lipinski definition) is 1. The van der Waals surface area contributed by atoms with E-state index in [4.69, 9.17) is 11.6 Å². The van der Waals surface area contributed by atoms with Crippen LogP contribution in [-0.4, -0.2) is 50.8 Å². The van der Waals surface area contributed by atoms with E-state index < -0.39 is 28.5 Å². The summed E-state index contributed by atoms with van der Waals surface area (Å²) in [5.74, 6) is -0.486. The van der Waals surface area contributed by atoms with Gasteiger partial charge in [-0.15, -0.1) is 0 Å². The highest BCUT2D eigenvalue weighted by Gasteiger charge is 2.33. The van der Waals surface area contributed by atoms with E-state index in [2.05, 4.69) is 5.32 Å². The van der Waals surface area contributed by atoms with Crippen molar-refractivity contribution >= 4 is 39.1 Å². The molecule has 0 bridgehead atoms. The van der Waals surface area contributed by atoms with E-state index in [1.807, 2.05) is 65.0 Å². The fourth-order valence-corrected chi connectivity index (χ4v) is 6.00. The standard InChI is InChI=1S/C32H40ClN3O4S/c1-6-30(32(38)34-21-23(2)3)35(19-18-26-10-8-7-9-11-26)31(37)22-36(27-15-14-25(5)29(33)20-27)41(39,40)28-16-12-24(4)13-17-28/h7-17,20,23,30H,6,18-19,21-22H2,1-5H3,(H,34,38)/t30-/m0/s1. The molecule has 2 amide bonds. The molecular weight excluding hydrogens is 558 g/mol. The van der Waals surface area contributed by atoms with Crippen molar-refractivity contribution in [3.05, 3.63) is 94.5 Å². The summed E-state index contributed by atoms with van der Waals surface area (Å²) in [5, 5.41) is 3.33. The zero-order valence-corrected chi connectivity index (χ0v) is 26.0. The molecule has 1 N–H and O–H groups in total. The molecular formula is C32H40ClN3O4S. The summed E-state index contributed by atoms with van der Waals surface area (Å²) in [6.45, 7) is 9.79. The quantitative estimate of drug-likeness (QED) is 0.271. The molecule has 220 valence electrons. The summed E-state index contributed by atoms with van der Waals surface area (Å²) < 4.78 is 29.0. The number of anilines is 1.